The summed E-state index contributed by atoms with van der Waals surface area (Å²) in [4.78, 5) is 11.7. The van der Waals surface area contributed by atoms with Crippen LogP contribution in [0, 0.1) is 6.92 Å². The molecule has 0 spiro atoms. The molecule has 0 aliphatic carbocycles. The van der Waals surface area contributed by atoms with Gasteiger partial charge in [0.1, 0.15) is 0 Å². The van der Waals surface area contributed by atoms with E-state index in [1.807, 2.05) is 53.8 Å². The number of aryl methyl sites for hydroxylation is 1. The van der Waals surface area contributed by atoms with Crippen molar-refractivity contribution in [1.29, 1.82) is 0 Å². The molecule has 0 fully saturated rings. The molecule has 0 saturated carbocycles. The summed E-state index contributed by atoms with van der Waals surface area (Å²) in [6, 6.07) is 7.70. The predicted octanol–water partition coefficient (Wildman–Crippen LogP) is 4.37. The van der Waals surface area contributed by atoms with E-state index in [1.165, 1.54) is 0 Å². The molecule has 5 heteroatoms. The quantitative estimate of drug-likeness (QED) is 0.483. The maximum atomic E-state index is 11.7. The molecule has 0 radical (unpaired) electrons. The molecule has 1 amide bonds. The minimum Gasteiger partial charge on any atom is -0.321 e. The SMILES string of the molecule is Cc1ccccc1NC(=O)/C(I)=C(\Br)I. The molecule has 2 nitrogen and oxygen atoms in total. The maximum Gasteiger partial charge on any atom is 0.263 e. The summed E-state index contributed by atoms with van der Waals surface area (Å²) in [5.41, 5.74) is 1.90. The normalized spacial score (nSPS) is 12.0. The van der Waals surface area contributed by atoms with Gasteiger partial charge in [-0.2, -0.15) is 0 Å². The summed E-state index contributed by atoms with van der Waals surface area (Å²) in [5, 5.41) is 2.85. The van der Waals surface area contributed by atoms with Crippen molar-refractivity contribution in [3.63, 3.8) is 0 Å². The zero-order valence-corrected chi connectivity index (χ0v) is 13.8. The number of hydrogen-bond acceptors (Lipinski definition) is 1. The Labute approximate surface area is 124 Å². The molecule has 1 aromatic rings. The number of amides is 1. The minimum atomic E-state index is -0.0915. The van der Waals surface area contributed by atoms with E-state index in [-0.39, 0.29) is 5.91 Å². The highest BCUT2D eigenvalue weighted by Crippen LogP contribution is 2.26. The van der Waals surface area contributed by atoms with E-state index < -0.39 is 0 Å². The van der Waals surface area contributed by atoms with E-state index in [1.54, 1.807) is 0 Å². The number of para-hydroxylation sites is 1. The number of carbonyl (C=O) groups is 1. The van der Waals surface area contributed by atoms with Gasteiger partial charge in [0.05, 0.1) is 6.07 Å². The lowest BCUT2D eigenvalue weighted by Gasteiger charge is -2.07. The zero-order valence-electron chi connectivity index (χ0n) is 7.85. The lowest BCUT2D eigenvalue weighted by Crippen LogP contribution is -2.12. The van der Waals surface area contributed by atoms with Gasteiger partial charge >= 0.3 is 0 Å². The Hall–Kier alpha value is 0.370. The summed E-state index contributed by atoms with van der Waals surface area (Å²) < 4.78 is 1.46. The molecule has 0 aromatic heterocycles. The Morgan fingerprint density at radius 2 is 1.93 bits per heavy atom. The molecule has 1 rings (SSSR count). The van der Waals surface area contributed by atoms with Crippen LogP contribution in [0.25, 0.3) is 0 Å². The molecular weight excluding hydrogens is 484 g/mol. The van der Waals surface area contributed by atoms with Crippen LogP contribution < -0.4 is 5.32 Å². The monoisotopic (exact) mass is 491 g/mol. The Kier molecular flexibility index (Phi) is 5.54. The third-order valence-corrected chi connectivity index (χ3v) is 5.50. The minimum absolute atomic E-state index is 0.0915. The maximum absolute atomic E-state index is 11.7. The van der Waals surface area contributed by atoms with Gasteiger partial charge in [0.2, 0.25) is 0 Å². The van der Waals surface area contributed by atoms with E-state index in [0.29, 0.717) is 3.58 Å². The topological polar surface area (TPSA) is 29.1 Å². The number of halogens is 3. The molecule has 0 heterocycles. The van der Waals surface area contributed by atoms with E-state index >= 15 is 0 Å². The molecule has 1 aromatic carbocycles. The van der Waals surface area contributed by atoms with Crippen molar-refractivity contribution in [3.05, 3.63) is 35.9 Å². The van der Waals surface area contributed by atoms with Crippen molar-refractivity contribution in [3.8, 4) is 0 Å². The highest BCUT2D eigenvalue weighted by Gasteiger charge is 2.10. The van der Waals surface area contributed by atoms with Gasteiger partial charge < -0.3 is 5.32 Å². The van der Waals surface area contributed by atoms with Crippen LogP contribution in [-0.4, -0.2) is 5.91 Å². The van der Waals surface area contributed by atoms with Crippen LogP contribution in [0.1, 0.15) is 5.56 Å². The Balaban J connectivity index is 2.85. The van der Waals surface area contributed by atoms with Gasteiger partial charge in [-0.3, -0.25) is 4.79 Å². The molecular formula is C10H8BrI2NO. The van der Waals surface area contributed by atoms with E-state index in [2.05, 4.69) is 43.8 Å². The highest BCUT2D eigenvalue weighted by atomic mass is 127. The number of carbonyl (C=O) groups excluding carboxylic acids is 1. The molecule has 0 bridgehead atoms. The molecule has 0 atom stereocenters. The van der Waals surface area contributed by atoms with Crippen LogP contribution in [0.4, 0.5) is 5.69 Å². The highest BCUT2D eigenvalue weighted by molar-refractivity contribution is 14.1. The molecule has 15 heavy (non-hydrogen) atoms. The van der Waals surface area contributed by atoms with Crippen molar-refractivity contribution in [2.24, 2.45) is 0 Å². The number of rotatable bonds is 2. The third kappa shape index (κ3) is 4.03. The first-order chi connectivity index (χ1) is 7.02. The zero-order chi connectivity index (χ0) is 11.4. The Morgan fingerprint density at radius 1 is 1.33 bits per heavy atom. The van der Waals surface area contributed by atoms with Crippen LogP contribution in [0.15, 0.2) is 30.3 Å². The number of benzene rings is 1. The van der Waals surface area contributed by atoms with Crippen LogP contribution in [0.3, 0.4) is 0 Å². The average Bonchev–Trinajstić information content (AvgIpc) is 2.20. The molecule has 0 unspecified atom stereocenters. The number of nitrogens with one attached hydrogen (secondary N) is 1. The fraction of sp³-hybridized carbons (Fsp3) is 0.100. The van der Waals surface area contributed by atoms with Crippen molar-refractivity contribution < 1.29 is 4.79 Å². The standard InChI is InChI=1S/C10H8BrI2NO/c1-6-4-2-3-5-7(6)14-10(15)8(12)9(11)13/h2-5H,1H3,(H,14,15)/b9-8-. The smallest absolute Gasteiger partial charge is 0.263 e. The van der Waals surface area contributed by atoms with Gasteiger partial charge in [-0.05, 0) is 79.7 Å². The van der Waals surface area contributed by atoms with Gasteiger partial charge in [-0.1, -0.05) is 18.2 Å². The van der Waals surface area contributed by atoms with E-state index in [9.17, 15) is 4.79 Å². The van der Waals surface area contributed by atoms with E-state index in [4.69, 9.17) is 0 Å². The molecule has 80 valence electrons. The fourth-order valence-electron chi connectivity index (χ4n) is 0.976. The lowest BCUT2D eigenvalue weighted by molar-refractivity contribution is -0.112. The first-order valence-electron chi connectivity index (χ1n) is 4.10. The van der Waals surface area contributed by atoms with Crippen LogP contribution in [-0.2, 0) is 4.79 Å². The average molecular weight is 492 g/mol. The van der Waals surface area contributed by atoms with Gasteiger partial charge in [0, 0.05) is 5.69 Å². The van der Waals surface area contributed by atoms with Gasteiger partial charge in [0.25, 0.3) is 5.91 Å². The molecule has 0 aliphatic rings. The summed E-state index contributed by atoms with van der Waals surface area (Å²) in [6.45, 7) is 1.96. The summed E-state index contributed by atoms with van der Waals surface area (Å²) >= 11 is 7.34. The fourth-order valence-corrected chi connectivity index (χ4v) is 1.54. The Bertz CT molecular complexity index is 414. The van der Waals surface area contributed by atoms with Crippen LogP contribution >= 0.6 is 61.1 Å². The van der Waals surface area contributed by atoms with Gasteiger partial charge in [0.15, 0.2) is 0 Å². The lowest BCUT2D eigenvalue weighted by atomic mass is 10.2. The van der Waals surface area contributed by atoms with Crippen LogP contribution in [0.2, 0.25) is 0 Å². The second-order valence-corrected chi connectivity index (χ2v) is 7.28. The van der Waals surface area contributed by atoms with Gasteiger partial charge in [-0.25, -0.2) is 0 Å². The first kappa shape index (κ1) is 13.4. The van der Waals surface area contributed by atoms with Crippen molar-refractivity contribution in [2.75, 3.05) is 5.32 Å². The summed E-state index contributed by atoms with van der Waals surface area (Å²) in [6.07, 6.45) is 0. The molecule has 1 N–H and O–H groups in total. The van der Waals surface area contributed by atoms with Gasteiger partial charge in [-0.15, -0.1) is 0 Å². The summed E-state index contributed by atoms with van der Waals surface area (Å²) in [5.74, 6) is -0.0915. The number of anilines is 1. The third-order valence-electron chi connectivity index (χ3n) is 1.76. The second kappa shape index (κ2) is 6.19. The number of hydrogen-bond donors (Lipinski definition) is 1. The Morgan fingerprint density at radius 3 is 2.47 bits per heavy atom. The first-order valence-corrected chi connectivity index (χ1v) is 7.05. The van der Waals surface area contributed by atoms with Crippen molar-refractivity contribution in [1.82, 2.24) is 0 Å². The van der Waals surface area contributed by atoms with Crippen molar-refractivity contribution in [2.45, 2.75) is 6.92 Å². The summed E-state index contributed by atoms with van der Waals surface area (Å²) in [7, 11) is 0. The second-order valence-electron chi connectivity index (χ2n) is 2.84. The van der Waals surface area contributed by atoms with Crippen molar-refractivity contribution >= 4 is 72.7 Å². The van der Waals surface area contributed by atoms with E-state index in [0.717, 1.165) is 13.7 Å². The predicted molar refractivity (Wildman–Crippen MR) is 83.8 cm³/mol. The largest absolute Gasteiger partial charge is 0.321 e. The van der Waals surface area contributed by atoms with Crippen LogP contribution in [0.5, 0.6) is 0 Å². The molecule has 0 aliphatic heterocycles. The molecule has 0 saturated heterocycles.